The Morgan fingerprint density at radius 2 is 2.15 bits per heavy atom. The molecule has 2 aromatic heterocycles. The van der Waals surface area contributed by atoms with Gasteiger partial charge < -0.3 is 9.88 Å². The molecule has 9 heteroatoms. The molecule has 0 spiro atoms. The van der Waals surface area contributed by atoms with Crippen molar-refractivity contribution in [2.24, 2.45) is 7.05 Å². The predicted molar refractivity (Wildman–Crippen MR) is 99.6 cm³/mol. The first kappa shape index (κ1) is 18.3. The second-order valence-corrected chi connectivity index (χ2v) is 7.20. The summed E-state index contributed by atoms with van der Waals surface area (Å²) in [7, 11) is 1.83. The minimum Gasteiger partial charge on any atom is -0.325 e. The van der Waals surface area contributed by atoms with E-state index in [1.807, 2.05) is 19.2 Å². The van der Waals surface area contributed by atoms with Gasteiger partial charge in [0.05, 0.1) is 10.3 Å². The van der Waals surface area contributed by atoms with Crippen molar-refractivity contribution in [3.8, 4) is 11.4 Å². The zero-order valence-corrected chi connectivity index (χ0v) is 15.6. The Morgan fingerprint density at radius 3 is 2.85 bits per heavy atom. The molecule has 1 atom stereocenters. The molecule has 3 rings (SSSR count). The van der Waals surface area contributed by atoms with E-state index in [4.69, 9.17) is 11.6 Å². The zero-order chi connectivity index (χ0) is 18.7. The van der Waals surface area contributed by atoms with E-state index >= 15 is 0 Å². The monoisotopic (exact) mass is 391 g/mol. The zero-order valence-electron chi connectivity index (χ0n) is 14.0. The smallest absolute Gasteiger partial charge is 0.237 e. The van der Waals surface area contributed by atoms with Crippen LogP contribution >= 0.6 is 23.4 Å². The second-order valence-electron chi connectivity index (χ2n) is 5.49. The number of carbonyl (C=O) groups is 1. The molecule has 1 amide bonds. The third-order valence-electron chi connectivity index (χ3n) is 3.59. The van der Waals surface area contributed by atoms with E-state index in [9.17, 15) is 9.18 Å². The number of benzene rings is 1. The highest BCUT2D eigenvalue weighted by molar-refractivity contribution is 8.00. The first-order valence-corrected chi connectivity index (χ1v) is 8.94. The van der Waals surface area contributed by atoms with Crippen LogP contribution in [-0.2, 0) is 11.8 Å². The summed E-state index contributed by atoms with van der Waals surface area (Å²) in [4.78, 5) is 16.4. The van der Waals surface area contributed by atoms with Crippen molar-refractivity contribution >= 4 is 35.0 Å². The van der Waals surface area contributed by atoms with Crippen molar-refractivity contribution in [1.29, 1.82) is 0 Å². The topological polar surface area (TPSA) is 72.7 Å². The van der Waals surface area contributed by atoms with Crippen molar-refractivity contribution in [2.45, 2.75) is 17.3 Å². The van der Waals surface area contributed by atoms with Gasteiger partial charge in [-0.3, -0.25) is 9.78 Å². The van der Waals surface area contributed by atoms with Crippen molar-refractivity contribution < 1.29 is 9.18 Å². The number of pyridine rings is 1. The van der Waals surface area contributed by atoms with Crippen LogP contribution in [0.25, 0.3) is 11.4 Å². The quantitative estimate of drug-likeness (QED) is 0.670. The summed E-state index contributed by atoms with van der Waals surface area (Å²) in [5.74, 6) is -0.115. The van der Waals surface area contributed by atoms with E-state index in [2.05, 4.69) is 20.5 Å². The molecule has 0 saturated heterocycles. The lowest BCUT2D eigenvalue weighted by Crippen LogP contribution is -2.22. The molecule has 0 aliphatic heterocycles. The fourth-order valence-electron chi connectivity index (χ4n) is 2.19. The Morgan fingerprint density at radius 1 is 1.35 bits per heavy atom. The average molecular weight is 392 g/mol. The normalized spacial score (nSPS) is 12.0. The lowest BCUT2D eigenvalue weighted by molar-refractivity contribution is -0.115. The van der Waals surface area contributed by atoms with Gasteiger partial charge in [0.25, 0.3) is 0 Å². The van der Waals surface area contributed by atoms with Crippen LogP contribution in [-0.4, -0.2) is 30.9 Å². The SMILES string of the molecule is C[C@@H](Sc1nnc(-c2cccnc2)n1C)C(=O)Nc1ccc(F)c(Cl)c1. The predicted octanol–water partition coefficient (Wildman–Crippen LogP) is 3.79. The van der Waals surface area contributed by atoms with Crippen molar-refractivity contribution in [3.05, 3.63) is 53.6 Å². The largest absolute Gasteiger partial charge is 0.325 e. The van der Waals surface area contributed by atoms with Gasteiger partial charge in [0.2, 0.25) is 5.91 Å². The number of hydrogen-bond donors (Lipinski definition) is 1. The number of anilines is 1. The Balaban J connectivity index is 1.69. The van der Waals surface area contributed by atoms with Gasteiger partial charge in [-0.05, 0) is 37.3 Å². The van der Waals surface area contributed by atoms with Crippen LogP contribution in [0.5, 0.6) is 0 Å². The van der Waals surface area contributed by atoms with Gasteiger partial charge >= 0.3 is 0 Å². The fraction of sp³-hybridized carbons (Fsp3) is 0.176. The summed E-state index contributed by atoms with van der Waals surface area (Å²) in [6, 6.07) is 7.74. The van der Waals surface area contributed by atoms with Crippen molar-refractivity contribution in [3.63, 3.8) is 0 Å². The standard InChI is InChI=1S/C17H15ClFN5OS/c1-10(16(25)21-12-5-6-14(19)13(18)8-12)26-17-23-22-15(24(17)2)11-4-3-7-20-9-11/h3-10H,1-2H3,(H,21,25)/t10-/m1/s1. The number of nitrogens with one attached hydrogen (secondary N) is 1. The number of amides is 1. The minimum atomic E-state index is -0.533. The van der Waals surface area contributed by atoms with Gasteiger partial charge in [0.1, 0.15) is 5.82 Å². The van der Waals surface area contributed by atoms with Gasteiger partial charge in [-0.2, -0.15) is 0 Å². The Labute approximate surface area is 158 Å². The molecule has 2 heterocycles. The maximum Gasteiger partial charge on any atom is 0.237 e. The lowest BCUT2D eigenvalue weighted by atomic mass is 10.3. The summed E-state index contributed by atoms with van der Waals surface area (Å²) in [5.41, 5.74) is 1.27. The highest BCUT2D eigenvalue weighted by Crippen LogP contribution is 2.26. The molecule has 0 fully saturated rings. The van der Waals surface area contributed by atoms with Gasteiger partial charge in [0, 0.05) is 30.7 Å². The molecule has 0 aliphatic carbocycles. The molecular weight excluding hydrogens is 377 g/mol. The molecule has 0 radical (unpaired) electrons. The minimum absolute atomic E-state index is 0.0440. The van der Waals surface area contributed by atoms with Crippen molar-refractivity contribution in [2.75, 3.05) is 5.32 Å². The van der Waals surface area contributed by atoms with E-state index in [-0.39, 0.29) is 10.9 Å². The highest BCUT2D eigenvalue weighted by atomic mass is 35.5. The number of rotatable bonds is 5. The summed E-state index contributed by atoms with van der Waals surface area (Å²) in [6.45, 7) is 1.75. The van der Waals surface area contributed by atoms with Crippen molar-refractivity contribution in [1.82, 2.24) is 19.7 Å². The van der Waals surface area contributed by atoms with E-state index in [1.165, 1.54) is 30.0 Å². The molecule has 0 saturated carbocycles. The van der Waals surface area contributed by atoms with Crippen LogP contribution < -0.4 is 5.32 Å². The van der Waals surface area contributed by atoms with E-state index in [0.717, 1.165) is 5.56 Å². The van der Waals surface area contributed by atoms with E-state index in [0.29, 0.717) is 16.7 Å². The molecule has 0 bridgehead atoms. The first-order valence-electron chi connectivity index (χ1n) is 7.68. The average Bonchev–Trinajstić information content (AvgIpc) is 2.99. The van der Waals surface area contributed by atoms with E-state index in [1.54, 1.807) is 23.9 Å². The Bertz CT molecular complexity index is 934. The molecule has 3 aromatic rings. The van der Waals surface area contributed by atoms with Crippen LogP contribution in [0.1, 0.15) is 6.92 Å². The number of thioether (sulfide) groups is 1. The van der Waals surface area contributed by atoms with E-state index < -0.39 is 11.1 Å². The molecule has 1 aromatic carbocycles. The maximum atomic E-state index is 13.2. The van der Waals surface area contributed by atoms with Gasteiger partial charge in [0.15, 0.2) is 11.0 Å². The number of nitrogens with zero attached hydrogens (tertiary/aromatic N) is 4. The number of carbonyl (C=O) groups excluding carboxylic acids is 1. The van der Waals surface area contributed by atoms with Gasteiger partial charge in [-0.25, -0.2) is 4.39 Å². The molecule has 26 heavy (non-hydrogen) atoms. The number of aromatic nitrogens is 4. The molecular formula is C17H15ClFN5OS. The molecule has 6 nitrogen and oxygen atoms in total. The molecule has 0 aliphatic rings. The first-order chi connectivity index (χ1) is 12.5. The summed E-state index contributed by atoms with van der Waals surface area (Å²) >= 11 is 7.00. The van der Waals surface area contributed by atoms with Crippen LogP contribution in [0.2, 0.25) is 5.02 Å². The molecule has 0 unspecified atom stereocenters. The summed E-state index contributed by atoms with van der Waals surface area (Å²) in [6.07, 6.45) is 3.39. The Hall–Kier alpha value is -2.45. The fourth-order valence-corrected chi connectivity index (χ4v) is 3.19. The summed E-state index contributed by atoms with van der Waals surface area (Å²) < 4.78 is 15.0. The second kappa shape index (κ2) is 7.84. The summed E-state index contributed by atoms with van der Waals surface area (Å²) in [5, 5.41) is 11.1. The van der Waals surface area contributed by atoms with Crippen LogP contribution in [0, 0.1) is 5.82 Å². The van der Waals surface area contributed by atoms with Crippen LogP contribution in [0.4, 0.5) is 10.1 Å². The van der Waals surface area contributed by atoms with Gasteiger partial charge in [-0.1, -0.05) is 23.4 Å². The third kappa shape index (κ3) is 4.03. The van der Waals surface area contributed by atoms with Gasteiger partial charge in [-0.15, -0.1) is 10.2 Å². The van der Waals surface area contributed by atoms with Crippen LogP contribution in [0.3, 0.4) is 0 Å². The molecule has 134 valence electrons. The number of halogens is 2. The molecule has 1 N–H and O–H groups in total. The maximum absolute atomic E-state index is 13.2. The third-order valence-corrected chi connectivity index (χ3v) is 5.02. The van der Waals surface area contributed by atoms with Crippen LogP contribution in [0.15, 0.2) is 47.9 Å². The number of hydrogen-bond acceptors (Lipinski definition) is 5. The Kier molecular flexibility index (Phi) is 5.53. The lowest BCUT2D eigenvalue weighted by Gasteiger charge is -2.12. The highest BCUT2D eigenvalue weighted by Gasteiger charge is 2.20.